The molecule has 2 aromatic carbocycles. The summed E-state index contributed by atoms with van der Waals surface area (Å²) < 4.78 is 27.8. The minimum Gasteiger partial charge on any atom is -0.322 e. The molecule has 0 spiro atoms. The van der Waals surface area contributed by atoms with Crippen molar-refractivity contribution in [2.45, 2.75) is 56.4 Å². The molecule has 0 saturated carbocycles. The van der Waals surface area contributed by atoms with E-state index in [9.17, 15) is 22.8 Å². The smallest absolute Gasteiger partial charge is 0.322 e. The van der Waals surface area contributed by atoms with Gasteiger partial charge in [-0.3, -0.25) is 15.0 Å². The Morgan fingerprint density at radius 1 is 1.06 bits per heavy atom. The number of sulfonamides is 1. The second kappa shape index (κ2) is 9.79. The van der Waals surface area contributed by atoms with E-state index >= 15 is 0 Å². The van der Waals surface area contributed by atoms with Gasteiger partial charge >= 0.3 is 6.03 Å². The summed E-state index contributed by atoms with van der Waals surface area (Å²) in [6.45, 7) is 4.19. The van der Waals surface area contributed by atoms with Crippen LogP contribution in [0.4, 0.5) is 4.79 Å². The summed E-state index contributed by atoms with van der Waals surface area (Å²) in [5, 5.41) is 3.34. The fraction of sp³-hybridized carbons (Fsp3) is 0.400. The first kappa shape index (κ1) is 24.9. The molecule has 1 atom stereocenters. The number of rotatable bonds is 7. The van der Waals surface area contributed by atoms with E-state index in [-0.39, 0.29) is 10.5 Å². The largest absolute Gasteiger partial charge is 0.344 e. The number of imide groups is 1. The second-order valence-electron chi connectivity index (χ2n) is 9.27. The molecule has 4 amide bonds. The van der Waals surface area contributed by atoms with Gasteiger partial charge in [-0.2, -0.15) is 9.31 Å². The molecule has 2 aromatic rings. The first-order valence-corrected chi connectivity index (χ1v) is 13.2. The number of nitrogens with zero attached hydrogens (tertiary/aromatic N) is 2. The van der Waals surface area contributed by atoms with Gasteiger partial charge in [0.15, 0.2) is 0 Å². The minimum atomic E-state index is -3.76. The number of carbonyl (C=O) groups excluding carboxylic acids is 3. The normalized spacial score (nSPS) is 21.1. The molecule has 0 bridgehead atoms. The molecule has 2 aliphatic rings. The predicted molar refractivity (Wildman–Crippen MR) is 130 cm³/mol. The highest BCUT2D eigenvalue weighted by atomic mass is 32.2. The van der Waals surface area contributed by atoms with Crippen molar-refractivity contribution < 1.29 is 22.8 Å². The van der Waals surface area contributed by atoms with Crippen molar-refractivity contribution in [3.05, 3.63) is 65.2 Å². The molecule has 0 aliphatic carbocycles. The molecule has 0 unspecified atom stereocenters. The second-order valence-corrected chi connectivity index (χ2v) is 11.2. The van der Waals surface area contributed by atoms with E-state index in [0.717, 1.165) is 24.8 Å². The number of urea groups is 1. The molecule has 10 heteroatoms. The standard InChI is InChI=1S/C25H30N4O5S/c1-18-11-12-20(17-21(18)35(33,34)28-15-7-4-8-16-28)22(30)27-29-23(31)25(2,26-24(29)32)14-13-19-9-5-3-6-10-19/h3,5-6,9-12,17H,4,7-8,13-16H2,1-2H3,(H,26,32)(H,27,30)/t25-/m1/s1. The zero-order valence-corrected chi connectivity index (χ0v) is 20.7. The van der Waals surface area contributed by atoms with Gasteiger partial charge in [-0.15, -0.1) is 0 Å². The van der Waals surface area contributed by atoms with Crippen molar-refractivity contribution >= 4 is 27.9 Å². The molecule has 2 fully saturated rings. The lowest BCUT2D eigenvalue weighted by Crippen LogP contribution is -2.49. The van der Waals surface area contributed by atoms with Crippen molar-refractivity contribution in [3.8, 4) is 0 Å². The van der Waals surface area contributed by atoms with E-state index in [1.54, 1.807) is 19.9 Å². The third-order valence-electron chi connectivity index (χ3n) is 6.61. The van der Waals surface area contributed by atoms with E-state index in [1.807, 2.05) is 30.3 Å². The van der Waals surface area contributed by atoms with Gasteiger partial charge in [0.25, 0.3) is 11.8 Å². The Morgan fingerprint density at radius 2 is 1.74 bits per heavy atom. The van der Waals surface area contributed by atoms with Crippen LogP contribution in [0.3, 0.4) is 0 Å². The number of amides is 4. The highest BCUT2D eigenvalue weighted by Crippen LogP contribution is 2.25. The first-order valence-electron chi connectivity index (χ1n) is 11.7. The maximum absolute atomic E-state index is 13.2. The average molecular weight is 499 g/mol. The summed E-state index contributed by atoms with van der Waals surface area (Å²) in [7, 11) is -3.76. The van der Waals surface area contributed by atoms with Crippen LogP contribution in [0.15, 0.2) is 53.4 Å². The topological polar surface area (TPSA) is 116 Å². The van der Waals surface area contributed by atoms with Crippen molar-refractivity contribution in [3.63, 3.8) is 0 Å². The fourth-order valence-corrected chi connectivity index (χ4v) is 6.19. The van der Waals surface area contributed by atoms with Crippen LogP contribution >= 0.6 is 0 Å². The number of hydrogen-bond donors (Lipinski definition) is 2. The van der Waals surface area contributed by atoms with Crippen molar-refractivity contribution in [1.29, 1.82) is 0 Å². The molecule has 9 nitrogen and oxygen atoms in total. The summed E-state index contributed by atoms with van der Waals surface area (Å²) in [6, 6.07) is 13.2. The maximum Gasteiger partial charge on any atom is 0.344 e. The summed E-state index contributed by atoms with van der Waals surface area (Å²) in [5.74, 6) is -1.31. The van der Waals surface area contributed by atoms with Gasteiger partial charge in [0.05, 0.1) is 4.90 Å². The maximum atomic E-state index is 13.2. The van der Waals surface area contributed by atoms with Gasteiger partial charge in [0.2, 0.25) is 10.0 Å². The van der Waals surface area contributed by atoms with Gasteiger partial charge < -0.3 is 5.32 Å². The van der Waals surface area contributed by atoms with E-state index in [2.05, 4.69) is 10.7 Å². The lowest BCUT2D eigenvalue weighted by Gasteiger charge is -2.26. The molecule has 2 saturated heterocycles. The zero-order chi connectivity index (χ0) is 25.2. The Bertz CT molecular complexity index is 1240. The predicted octanol–water partition coefficient (Wildman–Crippen LogP) is 2.76. The van der Waals surface area contributed by atoms with E-state index in [1.165, 1.54) is 16.4 Å². The van der Waals surface area contributed by atoms with Crippen LogP contribution in [0, 0.1) is 6.92 Å². The van der Waals surface area contributed by atoms with Crippen LogP contribution in [-0.4, -0.2) is 54.2 Å². The van der Waals surface area contributed by atoms with Gasteiger partial charge in [-0.1, -0.05) is 42.8 Å². The molecule has 2 aliphatic heterocycles. The van der Waals surface area contributed by atoms with Gasteiger partial charge in [0.1, 0.15) is 5.54 Å². The number of hydrazine groups is 1. The Morgan fingerprint density at radius 3 is 2.43 bits per heavy atom. The molecule has 0 radical (unpaired) electrons. The lowest BCUT2D eigenvalue weighted by atomic mass is 9.93. The van der Waals surface area contributed by atoms with Crippen LogP contribution in [0.1, 0.15) is 54.1 Å². The van der Waals surface area contributed by atoms with E-state index < -0.39 is 33.4 Å². The minimum absolute atomic E-state index is 0.0460. The van der Waals surface area contributed by atoms with Gasteiger partial charge in [0, 0.05) is 18.7 Å². The van der Waals surface area contributed by atoms with E-state index in [0.29, 0.717) is 36.5 Å². The highest BCUT2D eigenvalue weighted by molar-refractivity contribution is 7.89. The van der Waals surface area contributed by atoms with Crippen LogP contribution in [0.2, 0.25) is 0 Å². The molecule has 4 rings (SSSR count). The lowest BCUT2D eigenvalue weighted by molar-refractivity contribution is -0.132. The number of benzene rings is 2. The SMILES string of the molecule is Cc1ccc(C(=O)NN2C(=O)N[C@](C)(CCc3ccccc3)C2=O)cc1S(=O)(=O)N1CCCCC1. The highest BCUT2D eigenvalue weighted by Gasteiger charge is 2.48. The molecule has 186 valence electrons. The average Bonchev–Trinajstić information content (AvgIpc) is 3.07. The quantitative estimate of drug-likeness (QED) is 0.570. The summed E-state index contributed by atoms with van der Waals surface area (Å²) in [5.41, 5.74) is 2.78. The van der Waals surface area contributed by atoms with Crippen LogP contribution < -0.4 is 10.7 Å². The number of piperidine rings is 1. The summed E-state index contributed by atoms with van der Waals surface area (Å²) in [4.78, 5) is 38.6. The molecule has 0 aromatic heterocycles. The van der Waals surface area contributed by atoms with Crippen LogP contribution in [0.25, 0.3) is 0 Å². The van der Waals surface area contributed by atoms with Crippen molar-refractivity contribution in [1.82, 2.24) is 20.1 Å². The van der Waals surface area contributed by atoms with Crippen molar-refractivity contribution in [2.75, 3.05) is 13.1 Å². The fourth-order valence-electron chi connectivity index (χ4n) is 4.42. The number of aryl methyl sites for hydroxylation is 2. The first-order chi connectivity index (χ1) is 16.6. The van der Waals surface area contributed by atoms with Crippen LogP contribution in [0.5, 0.6) is 0 Å². The molecular weight excluding hydrogens is 468 g/mol. The Labute approximate surface area is 205 Å². The Hall–Kier alpha value is -3.24. The van der Waals surface area contributed by atoms with Crippen molar-refractivity contribution in [2.24, 2.45) is 0 Å². The Kier molecular flexibility index (Phi) is 6.95. The van der Waals surface area contributed by atoms with Crippen LogP contribution in [-0.2, 0) is 21.2 Å². The van der Waals surface area contributed by atoms with Gasteiger partial charge in [-0.05, 0) is 62.8 Å². The summed E-state index contributed by atoms with van der Waals surface area (Å²) >= 11 is 0. The zero-order valence-electron chi connectivity index (χ0n) is 19.9. The molecule has 2 heterocycles. The monoisotopic (exact) mass is 498 g/mol. The number of nitrogens with one attached hydrogen (secondary N) is 2. The molecular formula is C25H30N4O5S. The third kappa shape index (κ3) is 5.08. The molecule has 35 heavy (non-hydrogen) atoms. The Balaban J connectivity index is 1.49. The third-order valence-corrected chi connectivity index (χ3v) is 8.65. The molecule has 2 N–H and O–H groups in total. The summed E-state index contributed by atoms with van der Waals surface area (Å²) in [6.07, 6.45) is 3.52. The van der Waals surface area contributed by atoms with E-state index in [4.69, 9.17) is 0 Å². The van der Waals surface area contributed by atoms with Gasteiger partial charge in [-0.25, -0.2) is 13.2 Å². The number of hydrogen-bond acceptors (Lipinski definition) is 5. The number of carbonyl (C=O) groups is 3.